The van der Waals surface area contributed by atoms with Gasteiger partial charge in [-0.25, -0.2) is 0 Å². The van der Waals surface area contributed by atoms with Crippen LogP contribution in [-0.2, 0) is 28.9 Å². The predicted molar refractivity (Wildman–Crippen MR) is 84.6 cm³/mol. The highest BCUT2D eigenvalue weighted by Crippen LogP contribution is 2.30. The molecular formula is C16H24N2O2S. The average molecular weight is 308 g/mol. The molecule has 1 aliphatic carbocycles. The fourth-order valence-corrected chi connectivity index (χ4v) is 4.33. The van der Waals surface area contributed by atoms with E-state index in [2.05, 4.69) is 23.6 Å². The number of hydrogen-bond donors (Lipinski definition) is 2. The number of fused-ring (bicyclic) bond motifs is 1. The molecule has 5 heteroatoms. The van der Waals surface area contributed by atoms with E-state index in [1.807, 2.05) is 11.3 Å². The van der Waals surface area contributed by atoms with Gasteiger partial charge in [-0.2, -0.15) is 0 Å². The quantitative estimate of drug-likeness (QED) is 0.843. The van der Waals surface area contributed by atoms with Gasteiger partial charge < -0.3 is 15.4 Å². The van der Waals surface area contributed by atoms with Gasteiger partial charge in [0, 0.05) is 15.8 Å². The van der Waals surface area contributed by atoms with Crippen LogP contribution in [0.2, 0.25) is 0 Å². The van der Waals surface area contributed by atoms with Crippen LogP contribution < -0.4 is 10.6 Å². The summed E-state index contributed by atoms with van der Waals surface area (Å²) in [4.78, 5) is 15.1. The Morgan fingerprint density at radius 2 is 2.33 bits per heavy atom. The molecule has 0 aromatic carbocycles. The third-order valence-electron chi connectivity index (χ3n) is 4.31. The standard InChI is InChI=1S/C16H24N2O2S/c1-2-6-17-14-10-20-9-13(14)16(19)18-8-12-7-11-4-3-5-15(11)21-12/h7,13-14,17H,2-6,8-10H2,1H3,(H,18,19). The van der Waals surface area contributed by atoms with Gasteiger partial charge in [0.15, 0.2) is 0 Å². The maximum absolute atomic E-state index is 12.3. The van der Waals surface area contributed by atoms with Crippen LogP contribution in [0.5, 0.6) is 0 Å². The monoisotopic (exact) mass is 308 g/mol. The normalized spacial score (nSPS) is 24.2. The molecule has 2 unspecified atom stereocenters. The minimum Gasteiger partial charge on any atom is -0.379 e. The molecule has 2 aliphatic rings. The van der Waals surface area contributed by atoms with Gasteiger partial charge in [0.05, 0.1) is 25.7 Å². The number of aryl methyl sites for hydroxylation is 2. The maximum atomic E-state index is 12.3. The molecule has 0 bridgehead atoms. The number of carbonyl (C=O) groups excluding carboxylic acids is 1. The van der Waals surface area contributed by atoms with E-state index in [9.17, 15) is 4.79 Å². The molecule has 1 amide bonds. The van der Waals surface area contributed by atoms with Gasteiger partial charge >= 0.3 is 0 Å². The molecule has 1 aliphatic heterocycles. The van der Waals surface area contributed by atoms with E-state index in [1.165, 1.54) is 34.6 Å². The Kier molecular flexibility index (Phi) is 4.93. The lowest BCUT2D eigenvalue weighted by atomic mass is 10.0. The summed E-state index contributed by atoms with van der Waals surface area (Å²) < 4.78 is 5.47. The van der Waals surface area contributed by atoms with Crippen molar-refractivity contribution in [1.29, 1.82) is 0 Å². The molecule has 2 N–H and O–H groups in total. The fraction of sp³-hybridized carbons (Fsp3) is 0.688. The zero-order chi connectivity index (χ0) is 14.7. The number of amides is 1. The second kappa shape index (κ2) is 6.90. The predicted octanol–water partition coefficient (Wildman–Crippen LogP) is 1.87. The summed E-state index contributed by atoms with van der Waals surface area (Å²) in [5.74, 6) is 0.0676. The molecule has 4 nitrogen and oxygen atoms in total. The average Bonchev–Trinajstić information content (AvgIpc) is 3.17. The van der Waals surface area contributed by atoms with E-state index in [4.69, 9.17) is 4.74 Å². The van der Waals surface area contributed by atoms with E-state index < -0.39 is 0 Å². The summed E-state index contributed by atoms with van der Waals surface area (Å²) in [6, 6.07) is 2.43. The number of nitrogens with one attached hydrogen (secondary N) is 2. The van der Waals surface area contributed by atoms with E-state index in [0.717, 1.165) is 13.0 Å². The first-order chi connectivity index (χ1) is 10.3. The van der Waals surface area contributed by atoms with Crippen molar-refractivity contribution in [3.05, 3.63) is 21.4 Å². The van der Waals surface area contributed by atoms with Crippen molar-refractivity contribution in [3.63, 3.8) is 0 Å². The Balaban J connectivity index is 1.51. The zero-order valence-corrected chi connectivity index (χ0v) is 13.4. The van der Waals surface area contributed by atoms with Crippen LogP contribution >= 0.6 is 11.3 Å². The first-order valence-electron chi connectivity index (χ1n) is 7.97. The van der Waals surface area contributed by atoms with E-state index in [-0.39, 0.29) is 17.9 Å². The van der Waals surface area contributed by atoms with E-state index in [0.29, 0.717) is 19.8 Å². The summed E-state index contributed by atoms with van der Waals surface area (Å²) in [5, 5.41) is 6.50. The summed E-state index contributed by atoms with van der Waals surface area (Å²) in [7, 11) is 0. The Labute approximate surface area is 130 Å². The Morgan fingerprint density at radius 3 is 3.14 bits per heavy atom. The molecule has 116 valence electrons. The van der Waals surface area contributed by atoms with Crippen molar-refractivity contribution < 1.29 is 9.53 Å². The van der Waals surface area contributed by atoms with Gasteiger partial charge in [0.25, 0.3) is 0 Å². The summed E-state index contributed by atoms with van der Waals surface area (Å²) in [6.07, 6.45) is 4.79. The largest absolute Gasteiger partial charge is 0.379 e. The number of rotatable bonds is 6. The van der Waals surface area contributed by atoms with Crippen molar-refractivity contribution in [2.45, 2.75) is 45.2 Å². The van der Waals surface area contributed by atoms with Crippen molar-refractivity contribution >= 4 is 17.2 Å². The van der Waals surface area contributed by atoms with Crippen LogP contribution in [0, 0.1) is 5.92 Å². The molecule has 2 atom stereocenters. The van der Waals surface area contributed by atoms with Crippen molar-refractivity contribution in [2.24, 2.45) is 5.92 Å². The van der Waals surface area contributed by atoms with Crippen LogP contribution in [0.25, 0.3) is 0 Å². The van der Waals surface area contributed by atoms with Crippen LogP contribution in [0.15, 0.2) is 6.07 Å². The second-order valence-electron chi connectivity index (χ2n) is 5.94. The minimum absolute atomic E-state index is 0.0524. The van der Waals surface area contributed by atoms with E-state index in [1.54, 1.807) is 0 Å². The first kappa shape index (κ1) is 15.0. The molecule has 0 spiro atoms. The molecule has 1 saturated heterocycles. The van der Waals surface area contributed by atoms with Gasteiger partial charge in [-0.1, -0.05) is 6.92 Å². The lowest BCUT2D eigenvalue weighted by Crippen LogP contribution is -2.43. The Hall–Kier alpha value is -0.910. The molecule has 3 rings (SSSR count). The second-order valence-corrected chi connectivity index (χ2v) is 7.16. The number of ether oxygens (including phenoxy) is 1. The zero-order valence-electron chi connectivity index (χ0n) is 12.6. The number of hydrogen-bond acceptors (Lipinski definition) is 4. The molecular weight excluding hydrogens is 284 g/mol. The Bertz CT molecular complexity index is 479. The summed E-state index contributed by atoms with van der Waals surface area (Å²) >= 11 is 1.86. The van der Waals surface area contributed by atoms with Crippen molar-refractivity contribution in [3.8, 4) is 0 Å². The van der Waals surface area contributed by atoms with Gasteiger partial charge in [0.1, 0.15) is 0 Å². The molecule has 21 heavy (non-hydrogen) atoms. The molecule has 0 radical (unpaired) electrons. The van der Waals surface area contributed by atoms with Gasteiger partial charge in [-0.3, -0.25) is 4.79 Å². The highest BCUT2D eigenvalue weighted by atomic mass is 32.1. The van der Waals surface area contributed by atoms with Crippen LogP contribution in [0.4, 0.5) is 0 Å². The molecule has 2 heterocycles. The lowest BCUT2D eigenvalue weighted by molar-refractivity contribution is -0.125. The third-order valence-corrected chi connectivity index (χ3v) is 5.55. The first-order valence-corrected chi connectivity index (χ1v) is 8.79. The number of carbonyl (C=O) groups is 1. The van der Waals surface area contributed by atoms with E-state index >= 15 is 0 Å². The van der Waals surface area contributed by atoms with Crippen LogP contribution in [-0.4, -0.2) is 31.7 Å². The molecule has 0 saturated carbocycles. The van der Waals surface area contributed by atoms with Gasteiger partial charge in [-0.15, -0.1) is 11.3 Å². The smallest absolute Gasteiger partial charge is 0.227 e. The highest BCUT2D eigenvalue weighted by Gasteiger charge is 2.33. The topological polar surface area (TPSA) is 50.4 Å². The number of thiophene rings is 1. The van der Waals surface area contributed by atoms with Gasteiger partial charge in [0.2, 0.25) is 5.91 Å². The van der Waals surface area contributed by atoms with Crippen molar-refractivity contribution in [1.82, 2.24) is 10.6 Å². The Morgan fingerprint density at radius 1 is 1.43 bits per heavy atom. The van der Waals surface area contributed by atoms with Crippen molar-refractivity contribution in [2.75, 3.05) is 19.8 Å². The van der Waals surface area contributed by atoms with Crippen LogP contribution in [0.1, 0.15) is 35.1 Å². The van der Waals surface area contributed by atoms with Gasteiger partial charge in [-0.05, 0) is 43.9 Å². The molecule has 1 fully saturated rings. The minimum atomic E-state index is -0.0524. The molecule has 1 aromatic rings. The third kappa shape index (κ3) is 3.47. The SMILES string of the molecule is CCCNC1COCC1C(=O)NCc1cc2c(s1)CCC2. The highest BCUT2D eigenvalue weighted by molar-refractivity contribution is 7.12. The lowest BCUT2D eigenvalue weighted by Gasteiger charge is -2.18. The molecule has 1 aromatic heterocycles. The van der Waals surface area contributed by atoms with Crippen LogP contribution in [0.3, 0.4) is 0 Å². The maximum Gasteiger partial charge on any atom is 0.227 e. The fourth-order valence-electron chi connectivity index (χ4n) is 3.13. The summed E-state index contributed by atoms with van der Waals surface area (Å²) in [6.45, 7) is 4.91. The summed E-state index contributed by atoms with van der Waals surface area (Å²) in [5.41, 5.74) is 1.50.